The van der Waals surface area contributed by atoms with Gasteiger partial charge in [-0.15, -0.1) is 0 Å². The zero-order valence-corrected chi connectivity index (χ0v) is 15.0. The zero-order valence-electron chi connectivity index (χ0n) is 14.3. The molecule has 0 radical (unpaired) electrons. The van der Waals surface area contributed by atoms with Gasteiger partial charge in [-0.1, -0.05) is 37.6 Å². The molecule has 1 aromatic rings. The molecule has 6 nitrogen and oxygen atoms in total. The largest absolute Gasteiger partial charge is 0.454 e. The van der Waals surface area contributed by atoms with Crippen molar-refractivity contribution in [3.05, 3.63) is 34.9 Å². The van der Waals surface area contributed by atoms with Gasteiger partial charge in [0.05, 0.1) is 10.6 Å². The summed E-state index contributed by atoms with van der Waals surface area (Å²) in [5.41, 5.74) is 0.266. The van der Waals surface area contributed by atoms with Crippen LogP contribution >= 0.6 is 11.6 Å². The van der Waals surface area contributed by atoms with Crippen molar-refractivity contribution in [2.45, 2.75) is 39.8 Å². The first-order valence-electron chi connectivity index (χ1n) is 7.73. The molecule has 1 rings (SSSR count). The fraction of sp³-hybridized carbons (Fsp3) is 0.471. The van der Waals surface area contributed by atoms with Crippen LogP contribution in [0, 0.1) is 5.92 Å². The third kappa shape index (κ3) is 6.20. The molecule has 24 heavy (non-hydrogen) atoms. The van der Waals surface area contributed by atoms with Gasteiger partial charge in [-0.3, -0.25) is 9.59 Å². The van der Waals surface area contributed by atoms with E-state index in [4.69, 9.17) is 16.3 Å². The van der Waals surface area contributed by atoms with Crippen LogP contribution in [0.25, 0.3) is 0 Å². The first-order valence-corrected chi connectivity index (χ1v) is 8.11. The minimum Gasteiger partial charge on any atom is -0.454 e. The summed E-state index contributed by atoms with van der Waals surface area (Å²) in [6, 6.07) is 5.59. The smallest absolute Gasteiger partial charge is 0.328 e. The van der Waals surface area contributed by atoms with Gasteiger partial charge in [0, 0.05) is 6.04 Å². The van der Waals surface area contributed by atoms with Gasteiger partial charge in [0.2, 0.25) is 0 Å². The fourth-order valence-corrected chi connectivity index (χ4v) is 1.92. The molecule has 0 aliphatic rings. The number of benzene rings is 1. The van der Waals surface area contributed by atoms with Gasteiger partial charge in [0.25, 0.3) is 11.8 Å². The molecule has 0 bridgehead atoms. The number of carbonyl (C=O) groups excluding carboxylic acids is 3. The summed E-state index contributed by atoms with van der Waals surface area (Å²) in [7, 11) is 0. The Morgan fingerprint density at radius 2 is 1.71 bits per heavy atom. The number of hydrogen-bond acceptors (Lipinski definition) is 4. The van der Waals surface area contributed by atoms with E-state index in [1.165, 1.54) is 6.92 Å². The predicted octanol–water partition coefficient (Wildman–Crippen LogP) is 2.16. The molecule has 0 aliphatic carbocycles. The Hall–Kier alpha value is -2.08. The molecule has 0 fully saturated rings. The van der Waals surface area contributed by atoms with E-state index >= 15 is 0 Å². The quantitative estimate of drug-likeness (QED) is 0.735. The molecule has 1 aromatic carbocycles. The van der Waals surface area contributed by atoms with Gasteiger partial charge in [-0.05, 0) is 31.9 Å². The van der Waals surface area contributed by atoms with Crippen LogP contribution in [0.5, 0.6) is 0 Å². The molecular weight excluding hydrogens is 332 g/mol. The normalized spacial score (nSPS) is 13.1. The number of nitrogens with one attached hydrogen (secondary N) is 2. The lowest BCUT2D eigenvalue weighted by Gasteiger charge is -2.18. The SMILES string of the molecule is CC(NC(=O)c1ccccc1Cl)C(=O)OCC(=O)NC(C)C(C)C. The van der Waals surface area contributed by atoms with Gasteiger partial charge in [-0.25, -0.2) is 4.79 Å². The monoisotopic (exact) mass is 354 g/mol. The standard InChI is InChI=1S/C17H23ClN2O4/c1-10(2)11(3)19-15(21)9-24-17(23)12(4)20-16(22)13-7-5-6-8-14(13)18/h5-8,10-12H,9H2,1-4H3,(H,19,21)(H,20,22). The van der Waals surface area contributed by atoms with Crippen molar-refractivity contribution in [3.8, 4) is 0 Å². The summed E-state index contributed by atoms with van der Waals surface area (Å²) in [4.78, 5) is 35.6. The molecular formula is C17H23ClN2O4. The summed E-state index contributed by atoms with van der Waals surface area (Å²) >= 11 is 5.93. The highest BCUT2D eigenvalue weighted by atomic mass is 35.5. The maximum Gasteiger partial charge on any atom is 0.328 e. The van der Waals surface area contributed by atoms with E-state index in [1.54, 1.807) is 24.3 Å². The van der Waals surface area contributed by atoms with E-state index in [2.05, 4.69) is 10.6 Å². The lowest BCUT2D eigenvalue weighted by molar-refractivity contribution is -0.150. The summed E-state index contributed by atoms with van der Waals surface area (Å²) in [5.74, 6) is -1.28. The number of amides is 2. The topological polar surface area (TPSA) is 84.5 Å². The molecule has 2 unspecified atom stereocenters. The molecule has 0 heterocycles. The van der Waals surface area contributed by atoms with Crippen molar-refractivity contribution in [2.75, 3.05) is 6.61 Å². The molecule has 0 saturated carbocycles. The Bertz CT molecular complexity index is 604. The fourth-order valence-electron chi connectivity index (χ4n) is 1.70. The van der Waals surface area contributed by atoms with Crippen molar-refractivity contribution < 1.29 is 19.1 Å². The predicted molar refractivity (Wildman–Crippen MR) is 91.8 cm³/mol. The van der Waals surface area contributed by atoms with Crippen molar-refractivity contribution in [2.24, 2.45) is 5.92 Å². The molecule has 2 N–H and O–H groups in total. The Labute approximate surface area is 146 Å². The summed E-state index contributed by atoms with van der Waals surface area (Å²) in [6.45, 7) is 6.91. The highest BCUT2D eigenvalue weighted by Gasteiger charge is 2.20. The van der Waals surface area contributed by atoms with Crippen LogP contribution in [0.15, 0.2) is 24.3 Å². The summed E-state index contributed by atoms with van der Waals surface area (Å²) in [5, 5.41) is 5.51. The first kappa shape index (κ1) is 20.0. The maximum absolute atomic E-state index is 12.1. The van der Waals surface area contributed by atoms with Gasteiger partial charge < -0.3 is 15.4 Å². The van der Waals surface area contributed by atoms with Gasteiger partial charge in [-0.2, -0.15) is 0 Å². The molecule has 132 valence electrons. The summed E-state index contributed by atoms with van der Waals surface area (Å²) in [6.07, 6.45) is 0. The molecule has 0 saturated heterocycles. The average Bonchev–Trinajstić information content (AvgIpc) is 2.52. The second-order valence-electron chi connectivity index (χ2n) is 5.88. The van der Waals surface area contributed by atoms with Gasteiger partial charge in [0.15, 0.2) is 6.61 Å². The second kappa shape index (κ2) is 9.27. The third-order valence-corrected chi connectivity index (χ3v) is 3.88. The van der Waals surface area contributed by atoms with E-state index in [-0.39, 0.29) is 35.1 Å². The van der Waals surface area contributed by atoms with E-state index in [0.717, 1.165) is 0 Å². The van der Waals surface area contributed by atoms with Crippen LogP contribution in [0.2, 0.25) is 5.02 Å². The number of esters is 1. The number of ether oxygens (including phenoxy) is 1. The number of hydrogen-bond donors (Lipinski definition) is 2. The van der Waals surface area contributed by atoms with E-state index in [1.807, 2.05) is 20.8 Å². The first-order chi connectivity index (χ1) is 11.2. The van der Waals surface area contributed by atoms with Crippen molar-refractivity contribution in [1.82, 2.24) is 10.6 Å². The second-order valence-corrected chi connectivity index (χ2v) is 6.29. The minimum atomic E-state index is -0.899. The van der Waals surface area contributed by atoms with Crippen LogP contribution < -0.4 is 10.6 Å². The molecule has 2 atom stereocenters. The Balaban J connectivity index is 2.46. The highest BCUT2D eigenvalue weighted by molar-refractivity contribution is 6.33. The maximum atomic E-state index is 12.1. The van der Waals surface area contributed by atoms with Crippen molar-refractivity contribution in [1.29, 1.82) is 0 Å². The lowest BCUT2D eigenvalue weighted by Crippen LogP contribution is -2.42. The van der Waals surface area contributed by atoms with Gasteiger partial charge >= 0.3 is 5.97 Å². The van der Waals surface area contributed by atoms with Crippen LogP contribution in [0.1, 0.15) is 38.1 Å². The van der Waals surface area contributed by atoms with Crippen LogP contribution in [0.3, 0.4) is 0 Å². The highest BCUT2D eigenvalue weighted by Crippen LogP contribution is 2.14. The van der Waals surface area contributed by atoms with E-state index in [0.29, 0.717) is 0 Å². The Morgan fingerprint density at radius 3 is 2.29 bits per heavy atom. The molecule has 7 heteroatoms. The Morgan fingerprint density at radius 1 is 1.08 bits per heavy atom. The molecule has 0 aliphatic heterocycles. The summed E-state index contributed by atoms with van der Waals surface area (Å²) < 4.78 is 4.91. The van der Waals surface area contributed by atoms with E-state index in [9.17, 15) is 14.4 Å². The van der Waals surface area contributed by atoms with Crippen LogP contribution in [0.4, 0.5) is 0 Å². The number of halogens is 1. The average molecular weight is 355 g/mol. The van der Waals surface area contributed by atoms with Crippen LogP contribution in [-0.4, -0.2) is 36.5 Å². The van der Waals surface area contributed by atoms with Crippen molar-refractivity contribution in [3.63, 3.8) is 0 Å². The van der Waals surface area contributed by atoms with Crippen molar-refractivity contribution >= 4 is 29.4 Å². The molecule has 0 aromatic heterocycles. The molecule has 0 spiro atoms. The Kier molecular flexibility index (Phi) is 7.71. The molecule has 2 amide bonds. The van der Waals surface area contributed by atoms with Gasteiger partial charge in [0.1, 0.15) is 6.04 Å². The number of carbonyl (C=O) groups is 3. The number of rotatable bonds is 7. The minimum absolute atomic E-state index is 0.0199. The van der Waals surface area contributed by atoms with E-state index < -0.39 is 17.9 Å². The third-order valence-electron chi connectivity index (χ3n) is 3.55. The van der Waals surface area contributed by atoms with Crippen LogP contribution in [-0.2, 0) is 14.3 Å². The lowest BCUT2D eigenvalue weighted by atomic mass is 10.1. The zero-order chi connectivity index (χ0) is 18.3.